The molecule has 0 saturated heterocycles. The SMILES string of the molecule is Cc1cnc(CN(C)CC(C)(C)O)c(C)c1[N+](=O)[O-]. The smallest absolute Gasteiger partial charge is 0.278 e. The first-order valence-electron chi connectivity index (χ1n) is 6.12. The lowest BCUT2D eigenvalue weighted by Crippen LogP contribution is -2.36. The maximum Gasteiger partial charge on any atom is 0.278 e. The zero-order valence-corrected chi connectivity index (χ0v) is 12.1. The van der Waals surface area contributed by atoms with Crippen molar-refractivity contribution in [3.05, 3.63) is 33.1 Å². The molecule has 0 radical (unpaired) electrons. The Morgan fingerprint density at radius 3 is 2.53 bits per heavy atom. The van der Waals surface area contributed by atoms with Gasteiger partial charge >= 0.3 is 0 Å². The lowest BCUT2D eigenvalue weighted by Gasteiger charge is -2.25. The molecule has 0 aromatic carbocycles. The van der Waals surface area contributed by atoms with Crippen LogP contribution in [0.3, 0.4) is 0 Å². The number of aliphatic hydroxyl groups is 1. The van der Waals surface area contributed by atoms with Gasteiger partial charge in [-0.1, -0.05) is 0 Å². The summed E-state index contributed by atoms with van der Waals surface area (Å²) in [6, 6.07) is 0. The molecule has 0 aliphatic carbocycles. The number of nitrogens with zero attached hydrogens (tertiary/aromatic N) is 3. The van der Waals surface area contributed by atoms with Crippen LogP contribution in [0.2, 0.25) is 0 Å². The van der Waals surface area contributed by atoms with Gasteiger partial charge in [0.2, 0.25) is 0 Å². The number of pyridine rings is 1. The standard InChI is InChI=1S/C13H21N3O3/c1-9-6-14-11(10(2)12(9)16(18)19)7-15(5)8-13(3,4)17/h6,17H,7-8H2,1-5H3. The Balaban J connectivity index is 2.97. The van der Waals surface area contributed by atoms with Crippen molar-refractivity contribution in [1.82, 2.24) is 9.88 Å². The molecule has 6 nitrogen and oxygen atoms in total. The van der Waals surface area contributed by atoms with E-state index >= 15 is 0 Å². The van der Waals surface area contributed by atoms with Crippen molar-refractivity contribution in [2.75, 3.05) is 13.6 Å². The maximum absolute atomic E-state index is 11.0. The zero-order valence-electron chi connectivity index (χ0n) is 12.1. The summed E-state index contributed by atoms with van der Waals surface area (Å²) < 4.78 is 0. The van der Waals surface area contributed by atoms with Crippen molar-refractivity contribution in [1.29, 1.82) is 0 Å². The second kappa shape index (κ2) is 5.63. The topological polar surface area (TPSA) is 79.5 Å². The van der Waals surface area contributed by atoms with E-state index in [-0.39, 0.29) is 10.6 Å². The Morgan fingerprint density at radius 1 is 1.47 bits per heavy atom. The summed E-state index contributed by atoms with van der Waals surface area (Å²) in [5.41, 5.74) is 1.15. The largest absolute Gasteiger partial charge is 0.389 e. The van der Waals surface area contributed by atoms with Crippen molar-refractivity contribution in [3.63, 3.8) is 0 Å². The van der Waals surface area contributed by atoms with Crippen LogP contribution in [0, 0.1) is 24.0 Å². The number of aromatic nitrogens is 1. The minimum Gasteiger partial charge on any atom is -0.389 e. The third-order valence-electron chi connectivity index (χ3n) is 2.83. The molecular formula is C13H21N3O3. The van der Waals surface area contributed by atoms with Gasteiger partial charge in [0.1, 0.15) is 0 Å². The summed E-state index contributed by atoms with van der Waals surface area (Å²) in [6.07, 6.45) is 1.53. The lowest BCUT2D eigenvalue weighted by molar-refractivity contribution is -0.386. The fourth-order valence-corrected chi connectivity index (χ4v) is 2.18. The molecule has 1 N–H and O–H groups in total. The minimum absolute atomic E-state index is 0.127. The van der Waals surface area contributed by atoms with E-state index in [0.717, 1.165) is 0 Å². The van der Waals surface area contributed by atoms with Crippen LogP contribution in [0.15, 0.2) is 6.20 Å². The number of nitro groups is 1. The number of rotatable bonds is 5. The summed E-state index contributed by atoms with van der Waals surface area (Å²) in [5.74, 6) is 0. The van der Waals surface area contributed by atoms with Crippen molar-refractivity contribution in [2.45, 2.75) is 39.8 Å². The fourth-order valence-electron chi connectivity index (χ4n) is 2.18. The number of aryl methyl sites for hydroxylation is 1. The van der Waals surface area contributed by atoms with Gasteiger partial charge in [-0.15, -0.1) is 0 Å². The molecule has 0 unspecified atom stereocenters. The van der Waals surface area contributed by atoms with E-state index in [1.807, 2.05) is 11.9 Å². The molecule has 0 spiro atoms. The van der Waals surface area contributed by atoms with Gasteiger partial charge in [-0.05, 0) is 34.7 Å². The van der Waals surface area contributed by atoms with Crippen molar-refractivity contribution in [3.8, 4) is 0 Å². The van der Waals surface area contributed by atoms with Crippen LogP contribution in [0.25, 0.3) is 0 Å². The first kappa shape index (κ1) is 15.5. The van der Waals surface area contributed by atoms with Crippen LogP contribution in [-0.4, -0.2) is 39.1 Å². The molecule has 0 aliphatic rings. The number of likely N-dealkylation sites (N-methyl/N-ethyl adjacent to an activating group) is 1. The van der Waals surface area contributed by atoms with Crippen molar-refractivity contribution in [2.24, 2.45) is 0 Å². The van der Waals surface area contributed by atoms with Crippen LogP contribution < -0.4 is 0 Å². The summed E-state index contributed by atoms with van der Waals surface area (Å²) in [5, 5.41) is 20.8. The molecule has 0 fully saturated rings. The summed E-state index contributed by atoms with van der Waals surface area (Å²) in [4.78, 5) is 16.8. The molecule has 0 bridgehead atoms. The third-order valence-corrected chi connectivity index (χ3v) is 2.83. The van der Waals surface area contributed by atoms with Gasteiger partial charge in [-0.3, -0.25) is 20.0 Å². The average Bonchev–Trinajstić information content (AvgIpc) is 2.19. The van der Waals surface area contributed by atoms with E-state index in [4.69, 9.17) is 0 Å². The van der Waals surface area contributed by atoms with Crippen LogP contribution in [-0.2, 0) is 6.54 Å². The van der Waals surface area contributed by atoms with Gasteiger partial charge in [0.05, 0.1) is 16.2 Å². The Morgan fingerprint density at radius 2 is 2.05 bits per heavy atom. The van der Waals surface area contributed by atoms with Crippen LogP contribution in [0.4, 0.5) is 5.69 Å². The Hall–Kier alpha value is -1.53. The van der Waals surface area contributed by atoms with E-state index in [1.54, 1.807) is 27.7 Å². The van der Waals surface area contributed by atoms with E-state index < -0.39 is 5.60 Å². The highest BCUT2D eigenvalue weighted by Crippen LogP contribution is 2.24. The molecule has 1 rings (SSSR count). The lowest BCUT2D eigenvalue weighted by atomic mass is 10.1. The highest BCUT2D eigenvalue weighted by molar-refractivity contribution is 5.47. The van der Waals surface area contributed by atoms with E-state index in [1.165, 1.54) is 6.20 Å². The molecule has 0 amide bonds. The first-order chi connectivity index (χ1) is 8.61. The van der Waals surface area contributed by atoms with E-state index in [0.29, 0.717) is 29.9 Å². The molecule has 0 saturated carbocycles. The molecule has 1 aromatic rings. The number of hydrogen-bond donors (Lipinski definition) is 1. The van der Waals surface area contributed by atoms with Gasteiger partial charge in [0.25, 0.3) is 5.69 Å². The predicted octanol–water partition coefficient (Wildman–Crippen LogP) is 1.81. The van der Waals surface area contributed by atoms with E-state index in [2.05, 4.69) is 4.98 Å². The Bertz CT molecular complexity index is 481. The summed E-state index contributed by atoms with van der Waals surface area (Å²) in [6.45, 7) is 7.78. The second-order valence-corrected chi connectivity index (χ2v) is 5.60. The highest BCUT2D eigenvalue weighted by Gasteiger charge is 2.21. The quantitative estimate of drug-likeness (QED) is 0.650. The van der Waals surface area contributed by atoms with Crippen LogP contribution in [0.5, 0.6) is 0 Å². The van der Waals surface area contributed by atoms with Gasteiger partial charge < -0.3 is 5.11 Å². The first-order valence-corrected chi connectivity index (χ1v) is 6.12. The fraction of sp³-hybridized carbons (Fsp3) is 0.615. The minimum atomic E-state index is -0.806. The summed E-state index contributed by atoms with van der Waals surface area (Å²) >= 11 is 0. The van der Waals surface area contributed by atoms with Crippen LogP contribution >= 0.6 is 0 Å². The molecule has 0 aliphatic heterocycles. The monoisotopic (exact) mass is 267 g/mol. The van der Waals surface area contributed by atoms with Crippen molar-refractivity contribution < 1.29 is 10.0 Å². The normalized spacial score (nSPS) is 11.9. The van der Waals surface area contributed by atoms with Crippen LogP contribution in [0.1, 0.15) is 30.7 Å². The molecule has 106 valence electrons. The summed E-state index contributed by atoms with van der Waals surface area (Å²) in [7, 11) is 1.85. The van der Waals surface area contributed by atoms with Gasteiger partial charge in [-0.2, -0.15) is 0 Å². The molecule has 19 heavy (non-hydrogen) atoms. The van der Waals surface area contributed by atoms with Gasteiger partial charge in [0, 0.05) is 30.4 Å². The molecule has 1 heterocycles. The molecular weight excluding hydrogens is 246 g/mol. The van der Waals surface area contributed by atoms with Crippen molar-refractivity contribution >= 4 is 5.69 Å². The van der Waals surface area contributed by atoms with Gasteiger partial charge in [-0.25, -0.2) is 0 Å². The zero-order chi connectivity index (χ0) is 14.8. The average molecular weight is 267 g/mol. The Kier molecular flexibility index (Phi) is 4.60. The molecule has 6 heteroatoms. The predicted molar refractivity (Wildman–Crippen MR) is 73.0 cm³/mol. The third kappa shape index (κ3) is 4.25. The van der Waals surface area contributed by atoms with E-state index in [9.17, 15) is 15.2 Å². The van der Waals surface area contributed by atoms with Gasteiger partial charge in [0.15, 0.2) is 0 Å². The Labute approximate surface area is 113 Å². The number of hydrogen-bond acceptors (Lipinski definition) is 5. The maximum atomic E-state index is 11.0. The second-order valence-electron chi connectivity index (χ2n) is 5.60. The molecule has 0 atom stereocenters. The molecule has 1 aromatic heterocycles. The highest BCUT2D eigenvalue weighted by atomic mass is 16.6.